The van der Waals surface area contributed by atoms with Gasteiger partial charge in [0.2, 0.25) is 0 Å². The molecular formula is C17H22N4O. The Kier molecular flexibility index (Phi) is 5.09. The summed E-state index contributed by atoms with van der Waals surface area (Å²) in [5, 5.41) is 0. The highest BCUT2D eigenvalue weighted by Crippen LogP contribution is 2.11. The van der Waals surface area contributed by atoms with Crippen molar-refractivity contribution in [3.63, 3.8) is 0 Å². The monoisotopic (exact) mass is 298 g/mol. The average Bonchev–Trinajstić information content (AvgIpc) is 3.11. The van der Waals surface area contributed by atoms with Gasteiger partial charge < -0.3 is 9.13 Å². The van der Waals surface area contributed by atoms with Gasteiger partial charge in [-0.2, -0.15) is 0 Å². The van der Waals surface area contributed by atoms with Gasteiger partial charge in [0, 0.05) is 36.9 Å². The van der Waals surface area contributed by atoms with E-state index in [2.05, 4.69) is 37.7 Å². The van der Waals surface area contributed by atoms with Crippen molar-refractivity contribution in [2.45, 2.75) is 39.8 Å². The first kappa shape index (κ1) is 15.9. The first-order valence-corrected chi connectivity index (χ1v) is 7.45. The standard InChI is InChI=1S/C17H22N4O/c1-13(2)20-11-9-18-16(20)7-5-15(22)6-8-17-19-10-12-21(17)14(3)4/h5-14H,1-4H3/b7-5+,8-6+. The van der Waals surface area contributed by atoms with Crippen LogP contribution in [0.3, 0.4) is 0 Å². The second kappa shape index (κ2) is 7.02. The van der Waals surface area contributed by atoms with Crippen LogP contribution in [0.5, 0.6) is 0 Å². The fourth-order valence-corrected chi connectivity index (χ4v) is 2.15. The summed E-state index contributed by atoms with van der Waals surface area (Å²) in [6.07, 6.45) is 13.8. The van der Waals surface area contributed by atoms with E-state index in [0.717, 1.165) is 11.6 Å². The lowest BCUT2D eigenvalue weighted by molar-refractivity contribution is -0.110. The maximum atomic E-state index is 11.9. The first-order valence-electron chi connectivity index (χ1n) is 7.45. The molecule has 0 atom stereocenters. The molecule has 22 heavy (non-hydrogen) atoms. The van der Waals surface area contributed by atoms with Gasteiger partial charge in [-0.05, 0) is 52.0 Å². The number of carbonyl (C=O) groups is 1. The molecule has 116 valence electrons. The van der Waals surface area contributed by atoms with Crippen LogP contribution < -0.4 is 0 Å². The molecule has 5 nitrogen and oxygen atoms in total. The fraction of sp³-hybridized carbons (Fsp3) is 0.353. The Morgan fingerprint density at radius 1 is 0.909 bits per heavy atom. The molecule has 0 unspecified atom stereocenters. The average molecular weight is 298 g/mol. The second-order valence-electron chi connectivity index (χ2n) is 5.64. The van der Waals surface area contributed by atoms with E-state index in [0.29, 0.717) is 12.1 Å². The number of nitrogens with zero attached hydrogens (tertiary/aromatic N) is 4. The highest BCUT2D eigenvalue weighted by molar-refractivity contribution is 6.04. The van der Waals surface area contributed by atoms with Gasteiger partial charge >= 0.3 is 0 Å². The largest absolute Gasteiger partial charge is 0.329 e. The van der Waals surface area contributed by atoms with Crippen molar-refractivity contribution in [3.05, 3.63) is 48.6 Å². The van der Waals surface area contributed by atoms with Gasteiger partial charge in [0.15, 0.2) is 5.78 Å². The van der Waals surface area contributed by atoms with Crippen molar-refractivity contribution < 1.29 is 4.79 Å². The van der Waals surface area contributed by atoms with E-state index in [1.807, 2.05) is 21.5 Å². The molecular weight excluding hydrogens is 276 g/mol. The number of allylic oxidation sites excluding steroid dienone is 2. The molecule has 2 aromatic heterocycles. The number of hydrogen-bond acceptors (Lipinski definition) is 3. The van der Waals surface area contributed by atoms with Crippen LogP contribution in [-0.2, 0) is 4.79 Å². The second-order valence-corrected chi connectivity index (χ2v) is 5.64. The molecule has 0 aliphatic rings. The minimum Gasteiger partial charge on any atom is -0.329 e. The summed E-state index contributed by atoms with van der Waals surface area (Å²) < 4.78 is 4.03. The lowest BCUT2D eigenvalue weighted by atomic mass is 10.3. The Morgan fingerprint density at radius 3 is 1.68 bits per heavy atom. The van der Waals surface area contributed by atoms with Gasteiger partial charge in [0.1, 0.15) is 11.6 Å². The maximum absolute atomic E-state index is 11.9. The van der Waals surface area contributed by atoms with Crippen LogP contribution in [0.2, 0.25) is 0 Å². The van der Waals surface area contributed by atoms with Crippen molar-refractivity contribution in [2.24, 2.45) is 0 Å². The van der Waals surface area contributed by atoms with Crippen molar-refractivity contribution in [3.8, 4) is 0 Å². The third kappa shape index (κ3) is 3.81. The molecule has 0 radical (unpaired) electrons. The maximum Gasteiger partial charge on any atom is 0.178 e. The number of aromatic nitrogens is 4. The molecule has 0 aliphatic heterocycles. The topological polar surface area (TPSA) is 52.7 Å². The zero-order valence-corrected chi connectivity index (χ0v) is 13.5. The number of imidazole rings is 2. The normalized spacial score (nSPS) is 12.3. The quantitative estimate of drug-likeness (QED) is 0.766. The summed E-state index contributed by atoms with van der Waals surface area (Å²) >= 11 is 0. The summed E-state index contributed by atoms with van der Waals surface area (Å²) in [6.45, 7) is 8.30. The predicted octanol–water partition coefficient (Wildman–Crippen LogP) is 3.54. The minimum atomic E-state index is -0.0865. The molecule has 0 spiro atoms. The Bertz CT molecular complexity index is 631. The lowest BCUT2D eigenvalue weighted by Crippen LogP contribution is -2.02. The van der Waals surface area contributed by atoms with Crippen molar-refractivity contribution in [1.29, 1.82) is 0 Å². The molecule has 0 saturated heterocycles. The molecule has 2 aromatic rings. The highest BCUT2D eigenvalue weighted by atomic mass is 16.1. The van der Waals surface area contributed by atoms with Gasteiger partial charge in [0.25, 0.3) is 0 Å². The molecule has 0 amide bonds. The highest BCUT2D eigenvalue weighted by Gasteiger charge is 2.04. The molecule has 2 rings (SSSR count). The first-order chi connectivity index (χ1) is 10.5. The molecule has 0 aliphatic carbocycles. The zero-order chi connectivity index (χ0) is 16.1. The summed E-state index contributed by atoms with van der Waals surface area (Å²) in [6, 6.07) is 0.623. The summed E-state index contributed by atoms with van der Waals surface area (Å²) in [5.74, 6) is 1.47. The van der Waals surface area contributed by atoms with Crippen LogP contribution in [0.4, 0.5) is 0 Å². The molecule has 0 bridgehead atoms. The lowest BCUT2D eigenvalue weighted by Gasteiger charge is -2.08. The SMILES string of the molecule is CC(C)n1ccnc1/C=C/C(=O)/C=C/c1nccn1C(C)C. The van der Waals surface area contributed by atoms with Gasteiger partial charge in [-0.1, -0.05) is 0 Å². The van der Waals surface area contributed by atoms with Gasteiger partial charge in [-0.3, -0.25) is 4.79 Å². The van der Waals surface area contributed by atoms with Crippen LogP contribution in [0.25, 0.3) is 12.2 Å². The van der Waals surface area contributed by atoms with E-state index in [9.17, 15) is 4.79 Å². The summed E-state index contributed by atoms with van der Waals surface area (Å²) in [4.78, 5) is 20.4. The van der Waals surface area contributed by atoms with E-state index in [-0.39, 0.29) is 5.78 Å². The Morgan fingerprint density at radius 2 is 1.32 bits per heavy atom. The molecule has 5 heteroatoms. The van der Waals surface area contributed by atoms with Gasteiger partial charge in [-0.25, -0.2) is 9.97 Å². The third-order valence-corrected chi connectivity index (χ3v) is 3.30. The summed E-state index contributed by atoms with van der Waals surface area (Å²) in [5.41, 5.74) is 0. The van der Waals surface area contributed by atoms with Gasteiger partial charge in [-0.15, -0.1) is 0 Å². The van der Waals surface area contributed by atoms with E-state index < -0.39 is 0 Å². The molecule has 0 aromatic carbocycles. The van der Waals surface area contributed by atoms with Crippen LogP contribution in [0.15, 0.2) is 36.9 Å². The van der Waals surface area contributed by atoms with Crippen LogP contribution in [0, 0.1) is 0 Å². The van der Waals surface area contributed by atoms with Crippen molar-refractivity contribution in [2.75, 3.05) is 0 Å². The van der Waals surface area contributed by atoms with E-state index in [1.54, 1.807) is 24.5 Å². The fourth-order valence-electron chi connectivity index (χ4n) is 2.15. The Hall–Kier alpha value is -2.43. The number of rotatable bonds is 6. The number of ketones is 1. The number of carbonyl (C=O) groups excluding carboxylic acids is 1. The van der Waals surface area contributed by atoms with Crippen molar-refractivity contribution in [1.82, 2.24) is 19.1 Å². The number of hydrogen-bond donors (Lipinski definition) is 0. The van der Waals surface area contributed by atoms with E-state index in [4.69, 9.17) is 0 Å². The molecule has 2 heterocycles. The molecule has 0 saturated carbocycles. The van der Waals surface area contributed by atoms with Crippen LogP contribution in [0.1, 0.15) is 51.4 Å². The third-order valence-electron chi connectivity index (χ3n) is 3.30. The van der Waals surface area contributed by atoms with E-state index >= 15 is 0 Å². The zero-order valence-electron chi connectivity index (χ0n) is 13.5. The molecule has 0 fully saturated rings. The minimum absolute atomic E-state index is 0.0865. The predicted molar refractivity (Wildman–Crippen MR) is 88.3 cm³/mol. The van der Waals surface area contributed by atoms with Crippen LogP contribution >= 0.6 is 0 Å². The Balaban J connectivity index is 2.06. The van der Waals surface area contributed by atoms with E-state index in [1.165, 1.54) is 12.2 Å². The van der Waals surface area contributed by atoms with Gasteiger partial charge in [0.05, 0.1) is 0 Å². The van der Waals surface area contributed by atoms with Crippen LogP contribution in [-0.4, -0.2) is 24.9 Å². The Labute approximate surface area is 131 Å². The van der Waals surface area contributed by atoms with Crippen molar-refractivity contribution >= 4 is 17.9 Å². The summed E-state index contributed by atoms with van der Waals surface area (Å²) in [7, 11) is 0. The smallest absolute Gasteiger partial charge is 0.178 e. The molecule has 0 N–H and O–H groups in total.